The Morgan fingerprint density at radius 3 is 1.33 bits per heavy atom. The first-order chi connectivity index (χ1) is 7.41. The lowest BCUT2D eigenvalue weighted by molar-refractivity contribution is 0.126. The number of unbranched alkanes of at least 4 members (excludes halogenated alkanes) is 4. The van der Waals surface area contributed by atoms with E-state index < -0.39 is 10.4 Å². The van der Waals surface area contributed by atoms with Crippen molar-refractivity contribution in [1.82, 2.24) is 12.3 Å². The summed E-state index contributed by atoms with van der Waals surface area (Å²) in [6, 6.07) is 0. The van der Waals surface area contributed by atoms with Crippen LogP contribution in [-0.4, -0.2) is 30.7 Å². The SMILES string of the molecule is CCCCCOCCCCC.N.N.O=S(=O)(O)O. The van der Waals surface area contributed by atoms with Crippen molar-refractivity contribution >= 4 is 10.4 Å². The minimum atomic E-state index is -4.67. The first kappa shape index (κ1) is 26.3. The van der Waals surface area contributed by atoms with Gasteiger partial charge in [-0.1, -0.05) is 39.5 Å². The summed E-state index contributed by atoms with van der Waals surface area (Å²) < 4.78 is 37.0. The van der Waals surface area contributed by atoms with Crippen molar-refractivity contribution in [2.24, 2.45) is 0 Å². The van der Waals surface area contributed by atoms with Gasteiger partial charge >= 0.3 is 10.4 Å². The van der Waals surface area contributed by atoms with E-state index in [9.17, 15) is 0 Å². The normalized spacial score (nSPS) is 9.56. The van der Waals surface area contributed by atoms with E-state index in [0.29, 0.717) is 0 Å². The highest BCUT2D eigenvalue weighted by Gasteiger charge is 1.88. The Kier molecular flexibility index (Phi) is 27.9. The molecule has 0 amide bonds. The van der Waals surface area contributed by atoms with Crippen LogP contribution in [-0.2, 0) is 15.1 Å². The molecule has 0 aliphatic rings. The van der Waals surface area contributed by atoms with Crippen LogP contribution >= 0.6 is 0 Å². The molecule has 8 heteroatoms. The molecule has 7 nitrogen and oxygen atoms in total. The van der Waals surface area contributed by atoms with E-state index in [1.807, 2.05) is 0 Å². The fourth-order valence-corrected chi connectivity index (χ4v) is 1.01. The molecular weight excluding hydrogens is 260 g/mol. The summed E-state index contributed by atoms with van der Waals surface area (Å²) in [5.41, 5.74) is 0. The van der Waals surface area contributed by atoms with Gasteiger partial charge in [-0.2, -0.15) is 8.42 Å². The summed E-state index contributed by atoms with van der Waals surface area (Å²) in [5.74, 6) is 0. The van der Waals surface area contributed by atoms with Crippen LogP contribution in [0, 0.1) is 0 Å². The molecule has 0 heterocycles. The van der Waals surface area contributed by atoms with Gasteiger partial charge in [-0.15, -0.1) is 0 Å². The van der Waals surface area contributed by atoms with Crippen LogP contribution in [0.25, 0.3) is 0 Å². The number of rotatable bonds is 8. The molecule has 0 rings (SSSR count). The Balaban J connectivity index is -0.000000122. The predicted octanol–water partition coefficient (Wildman–Crippen LogP) is 3.05. The second-order valence-electron chi connectivity index (χ2n) is 3.47. The highest BCUT2D eigenvalue weighted by molar-refractivity contribution is 7.79. The Labute approximate surface area is 111 Å². The van der Waals surface area contributed by atoms with Crippen LogP contribution < -0.4 is 12.3 Å². The van der Waals surface area contributed by atoms with Gasteiger partial charge in [0.2, 0.25) is 0 Å². The van der Waals surface area contributed by atoms with E-state index in [4.69, 9.17) is 22.3 Å². The molecule has 18 heavy (non-hydrogen) atoms. The monoisotopic (exact) mass is 290 g/mol. The lowest BCUT2D eigenvalue weighted by atomic mass is 10.2. The Morgan fingerprint density at radius 1 is 0.833 bits per heavy atom. The lowest BCUT2D eigenvalue weighted by Crippen LogP contribution is -1.96. The zero-order valence-electron chi connectivity index (χ0n) is 11.6. The Bertz CT molecular complexity index is 206. The summed E-state index contributed by atoms with van der Waals surface area (Å²) in [4.78, 5) is 0. The summed E-state index contributed by atoms with van der Waals surface area (Å²) in [5, 5.41) is 0. The minimum absolute atomic E-state index is 0. The highest BCUT2D eigenvalue weighted by Crippen LogP contribution is 1.97. The van der Waals surface area contributed by atoms with Crippen LogP contribution in [0.4, 0.5) is 0 Å². The molecule has 116 valence electrons. The first-order valence-corrected chi connectivity index (χ1v) is 7.09. The molecule has 0 unspecified atom stereocenters. The van der Waals surface area contributed by atoms with Gasteiger partial charge in [0.05, 0.1) is 0 Å². The zero-order valence-corrected chi connectivity index (χ0v) is 12.4. The smallest absolute Gasteiger partial charge is 0.381 e. The number of hydrogen-bond acceptors (Lipinski definition) is 5. The van der Waals surface area contributed by atoms with Gasteiger partial charge in [-0.3, -0.25) is 9.11 Å². The quantitative estimate of drug-likeness (QED) is 0.395. The van der Waals surface area contributed by atoms with Crippen molar-refractivity contribution in [2.45, 2.75) is 52.4 Å². The van der Waals surface area contributed by atoms with Gasteiger partial charge in [0, 0.05) is 13.2 Å². The van der Waals surface area contributed by atoms with E-state index >= 15 is 0 Å². The topological polar surface area (TPSA) is 154 Å². The van der Waals surface area contributed by atoms with Gasteiger partial charge in [-0.05, 0) is 12.8 Å². The van der Waals surface area contributed by atoms with Gasteiger partial charge in [-0.25, -0.2) is 0 Å². The summed E-state index contributed by atoms with van der Waals surface area (Å²) in [6.07, 6.45) is 7.68. The van der Waals surface area contributed by atoms with E-state index in [1.54, 1.807) is 0 Å². The average molecular weight is 290 g/mol. The Hall–Kier alpha value is -0.250. The summed E-state index contributed by atoms with van der Waals surface area (Å²) in [7, 11) is -4.67. The van der Waals surface area contributed by atoms with E-state index in [2.05, 4.69) is 13.8 Å². The lowest BCUT2D eigenvalue weighted by Gasteiger charge is -2.01. The molecule has 8 N–H and O–H groups in total. The van der Waals surface area contributed by atoms with E-state index in [1.165, 1.54) is 38.5 Å². The van der Waals surface area contributed by atoms with Crippen LogP contribution in [0.1, 0.15) is 52.4 Å². The van der Waals surface area contributed by atoms with Gasteiger partial charge < -0.3 is 17.0 Å². The molecule has 0 saturated carbocycles. The van der Waals surface area contributed by atoms with E-state index in [0.717, 1.165) is 13.2 Å². The minimum Gasteiger partial charge on any atom is -0.381 e. The second-order valence-corrected chi connectivity index (χ2v) is 4.37. The number of ether oxygens (including phenoxy) is 1. The van der Waals surface area contributed by atoms with Gasteiger partial charge in [0.15, 0.2) is 0 Å². The molecule has 0 fully saturated rings. The molecule has 0 aliphatic heterocycles. The predicted molar refractivity (Wildman–Crippen MR) is 74.1 cm³/mol. The maximum Gasteiger partial charge on any atom is 0.394 e. The molecule has 0 atom stereocenters. The molecule has 0 aromatic heterocycles. The molecule has 0 aliphatic carbocycles. The summed E-state index contributed by atoms with van der Waals surface area (Å²) in [6.45, 7) is 6.38. The maximum absolute atomic E-state index is 8.74. The molecule has 0 aromatic rings. The first-order valence-electron chi connectivity index (χ1n) is 5.69. The third-order valence-corrected chi connectivity index (χ3v) is 1.78. The van der Waals surface area contributed by atoms with Gasteiger partial charge in [0.1, 0.15) is 0 Å². The van der Waals surface area contributed by atoms with Crippen molar-refractivity contribution < 1.29 is 22.3 Å². The van der Waals surface area contributed by atoms with Crippen molar-refractivity contribution in [1.29, 1.82) is 0 Å². The molecule has 0 spiro atoms. The second kappa shape index (κ2) is 19.1. The molecule has 0 radical (unpaired) electrons. The Morgan fingerprint density at radius 2 is 1.11 bits per heavy atom. The molecule has 0 aromatic carbocycles. The fraction of sp³-hybridized carbons (Fsp3) is 1.00. The highest BCUT2D eigenvalue weighted by atomic mass is 32.3. The van der Waals surface area contributed by atoms with Gasteiger partial charge in [0.25, 0.3) is 0 Å². The third kappa shape index (κ3) is 57.1. The standard InChI is InChI=1S/C10H22O.2H3N.H2O4S/c1-3-5-7-9-11-10-8-6-4-2;;;1-5(2,3)4/h3-10H2,1-2H3;2*1H3;(H2,1,2,3,4). The van der Waals surface area contributed by atoms with Crippen LogP contribution in [0.2, 0.25) is 0 Å². The van der Waals surface area contributed by atoms with Crippen molar-refractivity contribution in [2.75, 3.05) is 13.2 Å². The van der Waals surface area contributed by atoms with Crippen molar-refractivity contribution in [3.63, 3.8) is 0 Å². The third-order valence-electron chi connectivity index (χ3n) is 1.78. The van der Waals surface area contributed by atoms with Crippen LogP contribution in [0.5, 0.6) is 0 Å². The molecule has 0 saturated heterocycles. The molecule has 0 bridgehead atoms. The zero-order chi connectivity index (χ0) is 12.9. The van der Waals surface area contributed by atoms with Crippen LogP contribution in [0.3, 0.4) is 0 Å². The number of hydrogen-bond donors (Lipinski definition) is 4. The average Bonchev–Trinajstić information content (AvgIpc) is 2.14. The van der Waals surface area contributed by atoms with Crippen molar-refractivity contribution in [3.05, 3.63) is 0 Å². The summed E-state index contributed by atoms with van der Waals surface area (Å²) >= 11 is 0. The van der Waals surface area contributed by atoms with E-state index in [-0.39, 0.29) is 12.3 Å². The fourth-order valence-electron chi connectivity index (χ4n) is 1.01. The molecular formula is C10H30N2O5S. The van der Waals surface area contributed by atoms with Crippen molar-refractivity contribution in [3.8, 4) is 0 Å². The maximum atomic E-state index is 8.74. The largest absolute Gasteiger partial charge is 0.394 e. The van der Waals surface area contributed by atoms with Crippen LogP contribution in [0.15, 0.2) is 0 Å².